The molecule has 1 aliphatic rings. The zero-order valence-electron chi connectivity index (χ0n) is 22.2. The number of rotatable bonds is 8. The van der Waals surface area contributed by atoms with Crippen molar-refractivity contribution in [2.45, 2.75) is 19.8 Å². The van der Waals surface area contributed by atoms with Gasteiger partial charge in [-0.25, -0.2) is 9.59 Å². The number of aromatic hydroxyl groups is 2. The van der Waals surface area contributed by atoms with E-state index in [1.54, 1.807) is 32.1 Å². The van der Waals surface area contributed by atoms with E-state index in [2.05, 4.69) is 0 Å². The van der Waals surface area contributed by atoms with Crippen LogP contribution in [0.1, 0.15) is 30.9 Å². The topological polar surface area (TPSA) is 160 Å². The van der Waals surface area contributed by atoms with Crippen LogP contribution in [0.5, 0.6) is 23.0 Å². The Morgan fingerprint density at radius 3 is 2.12 bits per heavy atom. The third kappa shape index (κ3) is 5.00. The van der Waals surface area contributed by atoms with E-state index in [0.29, 0.717) is 11.1 Å². The van der Waals surface area contributed by atoms with Gasteiger partial charge in [-0.05, 0) is 55.3 Å². The first-order valence-electron chi connectivity index (χ1n) is 12.2. The second-order valence-corrected chi connectivity index (χ2v) is 9.54. The van der Waals surface area contributed by atoms with Gasteiger partial charge >= 0.3 is 11.9 Å². The number of carbonyl (C=O) groups excluding carboxylic acids is 2. The van der Waals surface area contributed by atoms with E-state index in [4.69, 9.17) is 24.7 Å². The first kappa shape index (κ1) is 28.3. The minimum atomic E-state index is -1.10. The van der Waals surface area contributed by atoms with Crippen molar-refractivity contribution in [1.82, 2.24) is 4.57 Å². The molecule has 1 atom stereocenters. The summed E-state index contributed by atoms with van der Waals surface area (Å²) in [7, 11) is 2.77. The highest BCUT2D eigenvalue weighted by Crippen LogP contribution is 2.40. The number of ether oxygens (including phenoxy) is 4. The van der Waals surface area contributed by atoms with Gasteiger partial charge in [-0.2, -0.15) is 0 Å². The molecule has 3 aromatic rings. The number of nitrogens with two attached hydrogens (primary N) is 1. The standard InChI is InChI=1S/C28H28N2O9S/c1-5-38-27(34)22-21(15-8-10-17(32)19(13-15)37-4)23(28(35)39-6-2)26-30(24(22)29)25(33)20(40-26)12-14-7-9-16(31)18(11-14)36-3/h7-13,21,31-32H,5-6,29H2,1-4H3/b20-12+/t21-/m1/s1. The minimum absolute atomic E-state index is 0.00289. The molecule has 0 amide bonds. The van der Waals surface area contributed by atoms with Crippen LogP contribution >= 0.6 is 11.3 Å². The van der Waals surface area contributed by atoms with Crippen LogP contribution in [0.25, 0.3) is 17.5 Å². The lowest BCUT2D eigenvalue weighted by atomic mass is 9.83. The molecule has 0 fully saturated rings. The average molecular weight is 569 g/mol. The van der Waals surface area contributed by atoms with E-state index in [1.807, 2.05) is 0 Å². The quantitative estimate of drug-likeness (QED) is 0.339. The van der Waals surface area contributed by atoms with Gasteiger partial charge in [0.1, 0.15) is 10.5 Å². The molecule has 0 radical (unpaired) electrons. The summed E-state index contributed by atoms with van der Waals surface area (Å²) in [6, 6.07) is 8.92. The molecule has 1 aliphatic heterocycles. The first-order chi connectivity index (χ1) is 19.2. The maximum atomic E-state index is 13.7. The molecule has 0 spiro atoms. The molecule has 0 aliphatic carbocycles. The van der Waals surface area contributed by atoms with Gasteiger partial charge in [-0.1, -0.05) is 12.1 Å². The van der Waals surface area contributed by atoms with Crippen molar-refractivity contribution in [3.05, 3.63) is 72.6 Å². The fourth-order valence-corrected chi connectivity index (χ4v) is 5.57. The Balaban J connectivity index is 2.12. The predicted molar refractivity (Wildman–Crippen MR) is 148 cm³/mol. The maximum Gasteiger partial charge on any atom is 0.338 e. The van der Waals surface area contributed by atoms with Crippen LogP contribution in [0.4, 0.5) is 0 Å². The number of benzene rings is 2. The number of hydrogen-bond acceptors (Lipinski definition) is 11. The molecular formula is C28H28N2O9S. The zero-order chi connectivity index (χ0) is 29.1. The number of aromatic nitrogens is 1. The molecule has 11 nitrogen and oxygen atoms in total. The van der Waals surface area contributed by atoms with Gasteiger partial charge in [0.2, 0.25) is 0 Å². The SMILES string of the molecule is CCOC(=O)C1=C(N)n2c(s/c(=C/c3ccc(O)c(OC)c3)c2=O)=C(C(=O)OCC)[C@@H]1c1ccc(O)c(OC)c1. The molecule has 4 N–H and O–H groups in total. The highest BCUT2D eigenvalue weighted by Gasteiger charge is 2.40. The van der Waals surface area contributed by atoms with Gasteiger partial charge < -0.3 is 34.9 Å². The van der Waals surface area contributed by atoms with E-state index in [0.717, 1.165) is 15.9 Å². The van der Waals surface area contributed by atoms with Crippen LogP contribution < -0.4 is 30.0 Å². The molecule has 4 rings (SSSR count). The summed E-state index contributed by atoms with van der Waals surface area (Å²) < 4.78 is 22.5. The number of fused-ring (bicyclic) bond motifs is 1. The molecule has 2 heterocycles. The molecule has 1 aromatic heterocycles. The van der Waals surface area contributed by atoms with Gasteiger partial charge in [0, 0.05) is 0 Å². The van der Waals surface area contributed by atoms with Crippen LogP contribution in [0.2, 0.25) is 0 Å². The second kappa shape index (κ2) is 11.6. The Hall–Kier alpha value is -4.71. The third-order valence-electron chi connectivity index (χ3n) is 6.18. The number of phenols is 2. The molecule has 0 saturated heterocycles. The summed E-state index contributed by atoms with van der Waals surface area (Å²) in [6.07, 6.45) is 1.55. The lowest BCUT2D eigenvalue weighted by Crippen LogP contribution is -2.42. The van der Waals surface area contributed by atoms with Crippen LogP contribution in [0.15, 0.2) is 46.8 Å². The van der Waals surface area contributed by atoms with Gasteiger partial charge in [0.25, 0.3) is 5.56 Å². The second-order valence-electron chi connectivity index (χ2n) is 8.51. The number of carbonyl (C=O) groups is 2. The van der Waals surface area contributed by atoms with Crippen molar-refractivity contribution in [2.24, 2.45) is 5.73 Å². The van der Waals surface area contributed by atoms with Gasteiger partial charge in [0.15, 0.2) is 23.0 Å². The van der Waals surface area contributed by atoms with Crippen molar-refractivity contribution in [2.75, 3.05) is 27.4 Å². The summed E-state index contributed by atoms with van der Waals surface area (Å²) in [5.41, 5.74) is 6.70. The normalized spacial score (nSPS) is 15.1. The van der Waals surface area contributed by atoms with E-state index in [1.165, 1.54) is 38.5 Å². The summed E-state index contributed by atoms with van der Waals surface area (Å²) in [5, 5.41) is 20.1. The van der Waals surface area contributed by atoms with Crippen LogP contribution in [-0.2, 0) is 19.1 Å². The van der Waals surface area contributed by atoms with Crippen LogP contribution in [0.3, 0.4) is 0 Å². The van der Waals surface area contributed by atoms with Crippen molar-refractivity contribution in [3.63, 3.8) is 0 Å². The Morgan fingerprint density at radius 2 is 1.52 bits per heavy atom. The number of thiazole rings is 1. The molecule has 0 saturated carbocycles. The monoisotopic (exact) mass is 568 g/mol. The van der Waals surface area contributed by atoms with Crippen molar-refractivity contribution in [1.29, 1.82) is 0 Å². The summed E-state index contributed by atoms with van der Waals surface area (Å²) in [5.74, 6) is -2.80. The van der Waals surface area contributed by atoms with Gasteiger partial charge in [-0.3, -0.25) is 9.36 Å². The summed E-state index contributed by atoms with van der Waals surface area (Å²) in [6.45, 7) is 3.30. The summed E-state index contributed by atoms with van der Waals surface area (Å²) >= 11 is 0.986. The van der Waals surface area contributed by atoms with Crippen LogP contribution in [0, 0.1) is 0 Å². The number of methoxy groups -OCH3 is 2. The Kier molecular flexibility index (Phi) is 8.19. The van der Waals surface area contributed by atoms with E-state index in [9.17, 15) is 24.6 Å². The molecule has 0 bridgehead atoms. The molecule has 0 unspecified atom stereocenters. The van der Waals surface area contributed by atoms with E-state index >= 15 is 0 Å². The Morgan fingerprint density at radius 1 is 0.950 bits per heavy atom. The van der Waals surface area contributed by atoms with Gasteiger partial charge in [-0.15, -0.1) is 11.3 Å². The highest BCUT2D eigenvalue weighted by molar-refractivity contribution is 7.07. The first-order valence-corrected chi connectivity index (χ1v) is 13.0. The van der Waals surface area contributed by atoms with E-state index in [-0.39, 0.29) is 62.4 Å². The van der Waals surface area contributed by atoms with E-state index < -0.39 is 23.4 Å². The predicted octanol–water partition coefficient (Wildman–Crippen LogP) is 1.37. The lowest BCUT2D eigenvalue weighted by molar-refractivity contribution is -0.138. The number of nitrogens with zero attached hydrogens (tertiary/aromatic N) is 1. The average Bonchev–Trinajstić information content (AvgIpc) is 3.25. The third-order valence-corrected chi connectivity index (χ3v) is 7.29. The molecule has 210 valence electrons. The number of hydrogen-bond donors (Lipinski definition) is 3. The molecule has 2 aromatic carbocycles. The Bertz CT molecular complexity index is 1700. The highest BCUT2D eigenvalue weighted by atomic mass is 32.1. The Labute approximate surface area is 232 Å². The van der Waals surface area contributed by atoms with Crippen molar-refractivity contribution >= 4 is 40.7 Å². The minimum Gasteiger partial charge on any atom is -0.504 e. The molecule has 12 heteroatoms. The zero-order valence-corrected chi connectivity index (χ0v) is 23.0. The maximum absolute atomic E-state index is 13.7. The fourth-order valence-electron chi connectivity index (χ4n) is 4.41. The largest absolute Gasteiger partial charge is 0.504 e. The molecular weight excluding hydrogens is 540 g/mol. The lowest BCUT2D eigenvalue weighted by Gasteiger charge is -2.27. The number of esters is 2. The smallest absolute Gasteiger partial charge is 0.338 e. The van der Waals surface area contributed by atoms with Crippen molar-refractivity contribution < 1.29 is 38.7 Å². The molecule has 40 heavy (non-hydrogen) atoms. The van der Waals surface area contributed by atoms with Crippen molar-refractivity contribution in [3.8, 4) is 23.0 Å². The number of phenolic OH excluding ortho intramolecular Hbond substituents is 2. The summed E-state index contributed by atoms with van der Waals surface area (Å²) in [4.78, 5) is 40.4. The fraction of sp³-hybridized carbons (Fsp3) is 0.250. The van der Waals surface area contributed by atoms with Crippen LogP contribution in [-0.4, -0.2) is 54.2 Å². The van der Waals surface area contributed by atoms with Gasteiger partial charge in [0.05, 0.1) is 49.0 Å².